The minimum Gasteiger partial charge on any atom is -0.465 e. The SMILES string of the molecule is COC(=O)c1ccc(C)c(NC(=O)COC(=O)C2CCN(C(=O)c3cccs3)CC2)c1. The number of hydrogen-bond acceptors (Lipinski definition) is 7. The lowest BCUT2D eigenvalue weighted by Gasteiger charge is -2.30. The van der Waals surface area contributed by atoms with Gasteiger partial charge in [0.15, 0.2) is 6.61 Å². The highest BCUT2D eigenvalue weighted by Gasteiger charge is 2.29. The van der Waals surface area contributed by atoms with E-state index in [1.54, 1.807) is 30.0 Å². The van der Waals surface area contributed by atoms with Crippen molar-refractivity contribution in [3.05, 3.63) is 51.7 Å². The Hall–Kier alpha value is -3.20. The molecule has 0 radical (unpaired) electrons. The summed E-state index contributed by atoms with van der Waals surface area (Å²) in [5, 5.41) is 4.51. The molecule has 1 aliphatic heterocycles. The first-order chi connectivity index (χ1) is 14.9. The molecule has 9 heteroatoms. The van der Waals surface area contributed by atoms with Crippen LogP contribution in [-0.4, -0.2) is 55.5 Å². The summed E-state index contributed by atoms with van der Waals surface area (Å²) < 4.78 is 9.86. The third kappa shape index (κ3) is 5.69. The van der Waals surface area contributed by atoms with Crippen molar-refractivity contribution < 1.29 is 28.7 Å². The lowest BCUT2D eigenvalue weighted by atomic mass is 9.97. The van der Waals surface area contributed by atoms with E-state index in [1.807, 2.05) is 11.4 Å². The number of methoxy groups -OCH3 is 1. The molecule has 2 aromatic rings. The zero-order valence-corrected chi connectivity index (χ0v) is 18.2. The number of esters is 2. The predicted octanol–water partition coefficient (Wildman–Crippen LogP) is 2.88. The molecule has 0 aliphatic carbocycles. The van der Waals surface area contributed by atoms with Crippen molar-refractivity contribution in [1.29, 1.82) is 0 Å². The van der Waals surface area contributed by atoms with E-state index in [-0.39, 0.29) is 11.8 Å². The highest BCUT2D eigenvalue weighted by atomic mass is 32.1. The van der Waals surface area contributed by atoms with Crippen LogP contribution < -0.4 is 5.32 Å². The van der Waals surface area contributed by atoms with Crippen molar-refractivity contribution >= 4 is 40.8 Å². The topological polar surface area (TPSA) is 102 Å². The number of hydrogen-bond donors (Lipinski definition) is 1. The van der Waals surface area contributed by atoms with Gasteiger partial charge < -0.3 is 19.7 Å². The van der Waals surface area contributed by atoms with Gasteiger partial charge in [-0.25, -0.2) is 4.79 Å². The van der Waals surface area contributed by atoms with Crippen LogP contribution in [0.5, 0.6) is 0 Å². The van der Waals surface area contributed by atoms with Gasteiger partial charge in [-0.2, -0.15) is 0 Å². The number of carbonyl (C=O) groups excluding carboxylic acids is 4. The molecule has 1 aromatic carbocycles. The van der Waals surface area contributed by atoms with E-state index >= 15 is 0 Å². The van der Waals surface area contributed by atoms with Crippen LogP contribution in [0.15, 0.2) is 35.7 Å². The van der Waals surface area contributed by atoms with E-state index in [0.717, 1.165) is 5.56 Å². The largest absolute Gasteiger partial charge is 0.465 e. The molecule has 1 aliphatic rings. The van der Waals surface area contributed by atoms with Crippen molar-refractivity contribution in [3.8, 4) is 0 Å². The number of ether oxygens (including phenoxy) is 2. The van der Waals surface area contributed by atoms with Crippen molar-refractivity contribution in [2.45, 2.75) is 19.8 Å². The van der Waals surface area contributed by atoms with Gasteiger partial charge >= 0.3 is 11.9 Å². The number of aryl methyl sites for hydroxylation is 1. The molecule has 3 rings (SSSR count). The third-order valence-corrected chi connectivity index (χ3v) is 5.98. The molecule has 164 valence electrons. The average molecular weight is 445 g/mol. The number of rotatable bonds is 6. The summed E-state index contributed by atoms with van der Waals surface area (Å²) in [6.45, 7) is 2.31. The summed E-state index contributed by atoms with van der Waals surface area (Å²) in [5.41, 5.74) is 1.52. The minimum atomic E-state index is -0.508. The van der Waals surface area contributed by atoms with E-state index in [4.69, 9.17) is 4.74 Å². The number of thiophene rings is 1. The highest BCUT2D eigenvalue weighted by molar-refractivity contribution is 7.12. The summed E-state index contributed by atoms with van der Waals surface area (Å²) in [6.07, 6.45) is 0.996. The number of carbonyl (C=O) groups is 4. The monoisotopic (exact) mass is 444 g/mol. The van der Waals surface area contributed by atoms with Crippen LogP contribution in [0.1, 0.15) is 38.4 Å². The second-order valence-electron chi connectivity index (χ2n) is 7.22. The van der Waals surface area contributed by atoms with Gasteiger partial charge in [0.2, 0.25) is 0 Å². The van der Waals surface area contributed by atoms with Gasteiger partial charge in [0, 0.05) is 18.8 Å². The van der Waals surface area contributed by atoms with Crippen LogP contribution in [-0.2, 0) is 19.1 Å². The fourth-order valence-corrected chi connectivity index (χ4v) is 4.01. The zero-order chi connectivity index (χ0) is 22.4. The number of likely N-dealkylation sites (tertiary alicyclic amines) is 1. The molecule has 0 atom stereocenters. The first-order valence-corrected chi connectivity index (χ1v) is 10.7. The van der Waals surface area contributed by atoms with Crippen LogP contribution in [0.3, 0.4) is 0 Å². The van der Waals surface area contributed by atoms with Gasteiger partial charge in [0.25, 0.3) is 11.8 Å². The Morgan fingerprint density at radius 1 is 1.16 bits per heavy atom. The molecule has 8 nitrogen and oxygen atoms in total. The second kappa shape index (κ2) is 10.2. The van der Waals surface area contributed by atoms with E-state index in [1.165, 1.54) is 24.5 Å². The Kier molecular flexibility index (Phi) is 7.41. The molecule has 0 saturated carbocycles. The number of benzene rings is 1. The van der Waals surface area contributed by atoms with Crippen LogP contribution >= 0.6 is 11.3 Å². The molecule has 31 heavy (non-hydrogen) atoms. The molecule has 2 heterocycles. The Balaban J connectivity index is 1.46. The Labute approximate surface area is 184 Å². The summed E-state index contributed by atoms with van der Waals surface area (Å²) in [5.74, 6) is -1.82. The third-order valence-electron chi connectivity index (χ3n) is 5.13. The summed E-state index contributed by atoms with van der Waals surface area (Å²) in [6, 6.07) is 8.43. The standard InChI is InChI=1S/C22H24N2O6S/c1-14-5-6-16(21(27)29-2)12-17(14)23-19(25)13-30-22(28)15-7-9-24(10-8-15)20(26)18-4-3-11-31-18/h3-6,11-12,15H,7-10,13H2,1-2H3,(H,23,25). The molecule has 1 aromatic heterocycles. The minimum absolute atomic E-state index is 0.0225. The molecule has 0 unspecified atom stereocenters. The fourth-order valence-electron chi connectivity index (χ4n) is 3.32. The molecule has 0 spiro atoms. The predicted molar refractivity (Wildman–Crippen MR) is 115 cm³/mol. The van der Waals surface area contributed by atoms with E-state index in [0.29, 0.717) is 42.1 Å². The van der Waals surface area contributed by atoms with Crippen molar-refractivity contribution in [2.75, 3.05) is 32.1 Å². The van der Waals surface area contributed by atoms with E-state index in [2.05, 4.69) is 10.1 Å². The molecule has 1 saturated heterocycles. The summed E-state index contributed by atoms with van der Waals surface area (Å²) in [7, 11) is 1.28. The van der Waals surface area contributed by atoms with Gasteiger partial charge in [-0.3, -0.25) is 14.4 Å². The number of anilines is 1. The first kappa shape index (κ1) is 22.5. The van der Waals surface area contributed by atoms with Crippen LogP contribution in [0.2, 0.25) is 0 Å². The fraction of sp³-hybridized carbons (Fsp3) is 0.364. The van der Waals surface area contributed by atoms with Gasteiger partial charge in [0.1, 0.15) is 0 Å². The molecular formula is C22H24N2O6S. The summed E-state index contributed by atoms with van der Waals surface area (Å²) in [4.78, 5) is 51.0. The van der Waals surface area contributed by atoms with Gasteiger partial charge in [-0.05, 0) is 48.9 Å². The molecular weight excluding hydrogens is 420 g/mol. The molecule has 1 N–H and O–H groups in total. The summed E-state index contributed by atoms with van der Waals surface area (Å²) >= 11 is 1.40. The van der Waals surface area contributed by atoms with Gasteiger partial charge in [-0.15, -0.1) is 11.3 Å². The smallest absolute Gasteiger partial charge is 0.337 e. The van der Waals surface area contributed by atoms with Crippen molar-refractivity contribution in [3.63, 3.8) is 0 Å². The van der Waals surface area contributed by atoms with Gasteiger partial charge in [-0.1, -0.05) is 12.1 Å². The quantitative estimate of drug-likeness (QED) is 0.688. The van der Waals surface area contributed by atoms with Crippen LogP contribution in [0, 0.1) is 12.8 Å². The maximum atomic E-state index is 12.4. The Bertz CT molecular complexity index is 964. The van der Waals surface area contributed by atoms with E-state index < -0.39 is 24.5 Å². The lowest BCUT2D eigenvalue weighted by Crippen LogP contribution is -2.40. The lowest BCUT2D eigenvalue weighted by molar-refractivity contribution is -0.152. The Morgan fingerprint density at radius 3 is 2.55 bits per heavy atom. The number of piperidine rings is 1. The number of nitrogens with one attached hydrogen (secondary N) is 1. The van der Waals surface area contributed by atoms with Crippen molar-refractivity contribution in [2.24, 2.45) is 5.92 Å². The first-order valence-electron chi connectivity index (χ1n) is 9.87. The van der Waals surface area contributed by atoms with Crippen molar-refractivity contribution in [1.82, 2.24) is 4.90 Å². The number of amides is 2. The maximum absolute atomic E-state index is 12.4. The molecule has 2 amide bonds. The average Bonchev–Trinajstić information content (AvgIpc) is 3.33. The second-order valence-corrected chi connectivity index (χ2v) is 8.17. The highest BCUT2D eigenvalue weighted by Crippen LogP contribution is 2.22. The Morgan fingerprint density at radius 2 is 1.90 bits per heavy atom. The van der Waals surface area contributed by atoms with Crippen LogP contribution in [0.25, 0.3) is 0 Å². The van der Waals surface area contributed by atoms with Crippen LogP contribution in [0.4, 0.5) is 5.69 Å². The van der Waals surface area contributed by atoms with E-state index in [9.17, 15) is 19.2 Å². The van der Waals surface area contributed by atoms with Gasteiger partial charge in [0.05, 0.1) is 23.5 Å². The zero-order valence-electron chi connectivity index (χ0n) is 17.4. The molecule has 1 fully saturated rings. The maximum Gasteiger partial charge on any atom is 0.337 e. The normalized spacial score (nSPS) is 14.1. The molecule has 0 bridgehead atoms. The number of nitrogens with zero attached hydrogens (tertiary/aromatic N) is 1.